The zero-order chi connectivity index (χ0) is 43.3. The molecule has 4 heteroatoms. The lowest BCUT2D eigenvalue weighted by atomic mass is 9.35. The van der Waals surface area contributed by atoms with Gasteiger partial charge < -0.3 is 14.2 Å². The second-order valence-electron chi connectivity index (χ2n) is 22.5. The number of nitrogens with zero attached hydrogens (tertiary/aromatic N) is 2. The number of rotatable bonds is 3. The van der Waals surface area contributed by atoms with Gasteiger partial charge in [0.15, 0.2) is 0 Å². The summed E-state index contributed by atoms with van der Waals surface area (Å²) < 4.78 is 7.55. The summed E-state index contributed by atoms with van der Waals surface area (Å²) in [4.78, 5) is 5.47. The van der Waals surface area contributed by atoms with Crippen LogP contribution >= 0.6 is 0 Å². The third-order valence-electron chi connectivity index (χ3n) is 15.7. The Bertz CT molecular complexity index is 2960. The zero-order valence-electron chi connectivity index (χ0n) is 38.8. The van der Waals surface area contributed by atoms with Gasteiger partial charge in [-0.3, -0.25) is 0 Å². The van der Waals surface area contributed by atoms with Gasteiger partial charge in [-0.05, 0) is 122 Å². The number of fused-ring (bicyclic) bond motifs is 9. The summed E-state index contributed by atoms with van der Waals surface area (Å²) in [5.74, 6) is 0. The second kappa shape index (κ2) is 13.0. The Kier molecular flexibility index (Phi) is 8.28. The van der Waals surface area contributed by atoms with Gasteiger partial charge in [-0.2, -0.15) is 0 Å². The number of hydrogen-bond acceptors (Lipinski definition) is 3. The fourth-order valence-corrected chi connectivity index (χ4v) is 11.8. The van der Waals surface area contributed by atoms with Crippen molar-refractivity contribution in [3.8, 4) is 22.3 Å². The molecule has 0 radical (unpaired) electrons. The van der Waals surface area contributed by atoms with E-state index in [1.54, 1.807) is 0 Å². The molecule has 3 nitrogen and oxygen atoms in total. The topological polar surface area (TPSA) is 19.6 Å². The van der Waals surface area contributed by atoms with Crippen molar-refractivity contribution in [3.05, 3.63) is 144 Å². The summed E-state index contributed by atoms with van der Waals surface area (Å²) in [6.07, 6.45) is 4.82. The minimum Gasteiger partial charge on any atom is -0.468 e. The molecule has 11 rings (SSSR count). The summed E-state index contributed by atoms with van der Waals surface area (Å²) in [6, 6.07) is 46.6. The highest BCUT2D eigenvalue weighted by Crippen LogP contribution is 2.63. The Morgan fingerprint density at radius 1 is 0.548 bits per heavy atom. The van der Waals surface area contributed by atoms with E-state index in [1.165, 1.54) is 97.4 Å². The van der Waals surface area contributed by atoms with E-state index < -0.39 is 0 Å². The fourth-order valence-electron chi connectivity index (χ4n) is 11.8. The molecular weight excluding hydrogens is 751 g/mol. The Labute approximate surface area is 370 Å². The van der Waals surface area contributed by atoms with Gasteiger partial charge in [0.2, 0.25) is 0 Å². The number of benzene rings is 6. The molecular formula is C58H61BN2O. The fraction of sp³-hybridized carbons (Fsp3) is 0.345. The molecule has 0 bridgehead atoms. The van der Waals surface area contributed by atoms with Crippen molar-refractivity contribution >= 4 is 62.7 Å². The van der Waals surface area contributed by atoms with Crippen LogP contribution in [0.5, 0.6) is 0 Å². The molecule has 4 aliphatic rings. The molecule has 312 valence electrons. The van der Waals surface area contributed by atoms with Gasteiger partial charge in [0, 0.05) is 33.4 Å². The van der Waals surface area contributed by atoms with Crippen molar-refractivity contribution in [3.63, 3.8) is 0 Å². The normalized spacial score (nSPS) is 20.3. The van der Waals surface area contributed by atoms with E-state index in [-0.39, 0.29) is 33.9 Å². The molecule has 7 aromatic rings. The van der Waals surface area contributed by atoms with E-state index in [1.807, 2.05) is 0 Å². The molecule has 62 heavy (non-hydrogen) atoms. The molecule has 1 fully saturated rings. The molecule has 0 amide bonds. The molecule has 1 aromatic heterocycles. The van der Waals surface area contributed by atoms with E-state index in [9.17, 15) is 0 Å². The summed E-state index contributed by atoms with van der Waals surface area (Å²) in [6.45, 7) is 26.1. The van der Waals surface area contributed by atoms with Gasteiger partial charge in [-0.25, -0.2) is 0 Å². The molecule has 2 unspecified atom stereocenters. The summed E-state index contributed by atoms with van der Waals surface area (Å²) in [5.41, 5.74) is 21.3. The average Bonchev–Trinajstić information content (AvgIpc) is 3.72. The van der Waals surface area contributed by atoms with Crippen molar-refractivity contribution in [2.24, 2.45) is 0 Å². The van der Waals surface area contributed by atoms with Crippen LogP contribution < -0.4 is 26.4 Å². The van der Waals surface area contributed by atoms with E-state index in [2.05, 4.69) is 207 Å². The van der Waals surface area contributed by atoms with Gasteiger partial charge in [-0.15, -0.1) is 0 Å². The van der Waals surface area contributed by atoms with Crippen LogP contribution in [0.4, 0.5) is 28.4 Å². The van der Waals surface area contributed by atoms with Crippen LogP contribution in [0.3, 0.4) is 0 Å². The minimum absolute atomic E-state index is 0.0129. The van der Waals surface area contributed by atoms with Crippen LogP contribution in [-0.2, 0) is 21.7 Å². The van der Waals surface area contributed by atoms with Gasteiger partial charge in [0.25, 0.3) is 6.71 Å². The first-order valence-electron chi connectivity index (χ1n) is 23.2. The third-order valence-corrected chi connectivity index (χ3v) is 15.7. The first-order chi connectivity index (χ1) is 29.4. The molecule has 0 spiro atoms. The van der Waals surface area contributed by atoms with Crippen molar-refractivity contribution < 1.29 is 4.42 Å². The van der Waals surface area contributed by atoms with Gasteiger partial charge in [0.05, 0.1) is 22.6 Å². The van der Waals surface area contributed by atoms with Crippen molar-refractivity contribution in [1.29, 1.82) is 0 Å². The maximum atomic E-state index is 7.55. The molecule has 6 aromatic carbocycles. The van der Waals surface area contributed by atoms with E-state index >= 15 is 0 Å². The zero-order valence-corrected chi connectivity index (χ0v) is 38.8. The Morgan fingerprint density at radius 2 is 1.16 bits per heavy atom. The van der Waals surface area contributed by atoms with E-state index in [0.29, 0.717) is 0 Å². The predicted molar refractivity (Wildman–Crippen MR) is 265 cm³/mol. The van der Waals surface area contributed by atoms with E-state index in [4.69, 9.17) is 4.42 Å². The lowest BCUT2D eigenvalue weighted by Crippen LogP contribution is -2.64. The standard InChI is InChI=1S/C58H61BN2O/c1-54(2,3)39-25-27-46(43(32-39)37-22-16-13-17-23-37)60-47-30-38(36-20-14-12-15-21-36)31-48-50(47)59(53-51(60)42-26-24-40(55(4,5)6)35-49(42)62-53)45-34-41(56(7,8)9)33-44-52(45)61(48)58(11)29-19-18-28-57(44,58)10/h12-17,20-27,30-35H,18-19,28-29H2,1-11H3. The molecule has 0 saturated heterocycles. The quantitative estimate of drug-likeness (QED) is 0.166. The highest BCUT2D eigenvalue weighted by Gasteiger charge is 2.62. The van der Waals surface area contributed by atoms with Crippen LogP contribution in [0.1, 0.15) is 124 Å². The first kappa shape index (κ1) is 39.4. The van der Waals surface area contributed by atoms with Gasteiger partial charge in [-0.1, -0.05) is 167 Å². The van der Waals surface area contributed by atoms with E-state index in [0.717, 1.165) is 28.7 Å². The van der Waals surface area contributed by atoms with Crippen molar-refractivity contribution in [2.75, 3.05) is 9.80 Å². The predicted octanol–water partition coefficient (Wildman–Crippen LogP) is 14.0. The average molecular weight is 813 g/mol. The summed E-state index contributed by atoms with van der Waals surface area (Å²) in [5, 5.41) is 1.16. The van der Waals surface area contributed by atoms with Crippen LogP contribution in [0.25, 0.3) is 33.2 Å². The molecule has 3 aliphatic heterocycles. The number of anilines is 5. The van der Waals surface area contributed by atoms with Gasteiger partial charge >= 0.3 is 0 Å². The van der Waals surface area contributed by atoms with Crippen LogP contribution in [-0.4, -0.2) is 12.3 Å². The monoisotopic (exact) mass is 812 g/mol. The van der Waals surface area contributed by atoms with Crippen LogP contribution in [0.15, 0.2) is 126 Å². The highest BCUT2D eigenvalue weighted by molar-refractivity contribution is 7.00. The molecule has 4 heterocycles. The van der Waals surface area contributed by atoms with Crippen molar-refractivity contribution in [2.45, 2.75) is 129 Å². The largest absolute Gasteiger partial charge is 0.468 e. The maximum Gasteiger partial charge on any atom is 0.297 e. The minimum atomic E-state index is -0.100. The Morgan fingerprint density at radius 3 is 1.84 bits per heavy atom. The van der Waals surface area contributed by atoms with Gasteiger partial charge in [0.1, 0.15) is 5.58 Å². The second-order valence-corrected chi connectivity index (χ2v) is 22.5. The third kappa shape index (κ3) is 5.50. The molecule has 1 saturated carbocycles. The Hall–Kier alpha value is -5.48. The molecule has 2 atom stereocenters. The highest BCUT2D eigenvalue weighted by atomic mass is 16.3. The number of furan rings is 1. The van der Waals surface area contributed by atoms with Crippen LogP contribution in [0.2, 0.25) is 0 Å². The summed E-state index contributed by atoms with van der Waals surface area (Å²) >= 11 is 0. The van der Waals surface area contributed by atoms with Crippen molar-refractivity contribution in [1.82, 2.24) is 0 Å². The maximum absolute atomic E-state index is 7.55. The SMILES string of the molecule is CC(C)(C)c1ccc(N2c3cc(-c4ccccc4)cc4c3B(c3cc(C(C)(C)C)cc5c3N4C3(C)CCCCC53C)c3oc4cc(C(C)(C)C)ccc4c32)c(-c2ccccc2)c1. The first-order valence-corrected chi connectivity index (χ1v) is 23.2. The Balaban J connectivity index is 1.32. The van der Waals surface area contributed by atoms with Crippen LogP contribution in [0, 0.1) is 0 Å². The number of hydrogen-bond donors (Lipinski definition) is 0. The molecule has 1 aliphatic carbocycles. The summed E-state index contributed by atoms with van der Waals surface area (Å²) in [7, 11) is 0. The smallest absolute Gasteiger partial charge is 0.297 e. The lowest BCUT2D eigenvalue weighted by molar-refractivity contribution is 0.195. The lowest BCUT2D eigenvalue weighted by Gasteiger charge is -2.52. The molecule has 0 N–H and O–H groups in total.